The third-order valence-corrected chi connectivity index (χ3v) is 1.99. The number of anilines is 1. The van der Waals surface area contributed by atoms with Crippen molar-refractivity contribution in [1.82, 2.24) is 5.32 Å². The highest BCUT2D eigenvalue weighted by atomic mass is 35.5. The Balaban J connectivity index is 2.43. The lowest BCUT2D eigenvalue weighted by molar-refractivity contribution is 0.251. The Bertz CT molecular complexity index is 338. The molecule has 0 saturated heterocycles. The molecule has 0 bridgehead atoms. The number of halogens is 1. The first-order chi connectivity index (χ1) is 5.75. The molecule has 0 saturated carbocycles. The molecule has 1 aromatic rings. The number of hydrogen-bond donors (Lipinski definition) is 2. The van der Waals surface area contributed by atoms with Crippen molar-refractivity contribution in [2.75, 3.05) is 5.32 Å². The van der Waals surface area contributed by atoms with E-state index in [1.807, 2.05) is 6.07 Å². The van der Waals surface area contributed by atoms with Gasteiger partial charge in [-0.3, -0.25) is 0 Å². The van der Waals surface area contributed by atoms with Crippen molar-refractivity contribution in [2.24, 2.45) is 0 Å². The molecule has 2 N–H and O–H groups in total. The van der Waals surface area contributed by atoms with Crippen LogP contribution in [-0.2, 0) is 6.54 Å². The van der Waals surface area contributed by atoms with Gasteiger partial charge in [0.1, 0.15) is 0 Å². The maximum atomic E-state index is 10.9. The molecule has 0 aromatic heterocycles. The topological polar surface area (TPSA) is 41.1 Å². The maximum Gasteiger partial charge on any atom is 0.319 e. The summed E-state index contributed by atoms with van der Waals surface area (Å²) in [4.78, 5) is 10.9. The molecular formula is C8H7ClN2O. The Morgan fingerprint density at radius 1 is 1.42 bits per heavy atom. The molecule has 0 spiro atoms. The van der Waals surface area contributed by atoms with Gasteiger partial charge in [-0.2, -0.15) is 0 Å². The zero-order chi connectivity index (χ0) is 8.55. The average molecular weight is 183 g/mol. The fourth-order valence-electron chi connectivity index (χ4n) is 1.17. The molecule has 62 valence electrons. The van der Waals surface area contributed by atoms with Gasteiger partial charge in [0, 0.05) is 17.3 Å². The fourth-order valence-corrected chi connectivity index (χ4v) is 1.37. The second-order valence-electron chi connectivity index (χ2n) is 2.61. The summed E-state index contributed by atoms with van der Waals surface area (Å²) < 4.78 is 0. The molecule has 2 amide bonds. The van der Waals surface area contributed by atoms with Gasteiger partial charge in [-0.05, 0) is 23.8 Å². The minimum Gasteiger partial charge on any atom is -0.334 e. The van der Waals surface area contributed by atoms with Gasteiger partial charge in [-0.15, -0.1) is 0 Å². The van der Waals surface area contributed by atoms with E-state index in [0.717, 1.165) is 11.3 Å². The van der Waals surface area contributed by atoms with Crippen LogP contribution in [0.1, 0.15) is 5.56 Å². The van der Waals surface area contributed by atoms with Gasteiger partial charge in [-0.25, -0.2) is 4.79 Å². The third kappa shape index (κ3) is 1.23. The van der Waals surface area contributed by atoms with Gasteiger partial charge in [0.25, 0.3) is 0 Å². The Morgan fingerprint density at radius 2 is 2.25 bits per heavy atom. The molecule has 4 heteroatoms. The first kappa shape index (κ1) is 7.43. The van der Waals surface area contributed by atoms with Crippen LogP contribution < -0.4 is 10.6 Å². The smallest absolute Gasteiger partial charge is 0.319 e. The molecule has 1 heterocycles. The second-order valence-corrected chi connectivity index (χ2v) is 3.05. The second kappa shape index (κ2) is 2.68. The van der Waals surface area contributed by atoms with Gasteiger partial charge in [0.05, 0.1) is 0 Å². The van der Waals surface area contributed by atoms with Crippen molar-refractivity contribution in [3.05, 3.63) is 28.8 Å². The number of hydrogen-bond acceptors (Lipinski definition) is 1. The van der Waals surface area contributed by atoms with Crippen LogP contribution >= 0.6 is 11.6 Å². The van der Waals surface area contributed by atoms with E-state index in [0.29, 0.717) is 11.6 Å². The number of amides is 2. The molecule has 2 rings (SSSR count). The van der Waals surface area contributed by atoms with Crippen LogP contribution in [0.2, 0.25) is 5.02 Å². The highest BCUT2D eigenvalue weighted by molar-refractivity contribution is 6.30. The number of benzene rings is 1. The molecule has 1 aromatic carbocycles. The molecule has 0 unspecified atom stereocenters. The average Bonchev–Trinajstić information content (AvgIpc) is 2.05. The van der Waals surface area contributed by atoms with Crippen LogP contribution in [0, 0.1) is 0 Å². The maximum absolute atomic E-state index is 10.9. The van der Waals surface area contributed by atoms with E-state index in [9.17, 15) is 4.79 Å². The summed E-state index contributed by atoms with van der Waals surface area (Å²) in [5.74, 6) is 0. The molecule has 1 aliphatic heterocycles. The van der Waals surface area contributed by atoms with Crippen LogP contribution in [0.25, 0.3) is 0 Å². The Hall–Kier alpha value is -1.22. The van der Waals surface area contributed by atoms with Gasteiger partial charge in [0.2, 0.25) is 0 Å². The van der Waals surface area contributed by atoms with Crippen molar-refractivity contribution in [1.29, 1.82) is 0 Å². The molecule has 0 atom stereocenters. The normalized spacial score (nSPS) is 14.6. The molecule has 0 aliphatic carbocycles. The summed E-state index contributed by atoms with van der Waals surface area (Å²) >= 11 is 5.77. The van der Waals surface area contributed by atoms with Crippen molar-refractivity contribution >= 4 is 23.3 Å². The minimum absolute atomic E-state index is 0.162. The zero-order valence-corrected chi connectivity index (χ0v) is 6.98. The summed E-state index contributed by atoms with van der Waals surface area (Å²) in [6.07, 6.45) is 0. The van der Waals surface area contributed by atoms with E-state index in [4.69, 9.17) is 11.6 Å². The van der Waals surface area contributed by atoms with E-state index < -0.39 is 0 Å². The molecule has 0 fully saturated rings. The van der Waals surface area contributed by atoms with Gasteiger partial charge < -0.3 is 10.6 Å². The monoisotopic (exact) mass is 182 g/mol. The number of fused-ring (bicyclic) bond motifs is 1. The SMILES string of the molecule is O=C1NCc2cc(Cl)ccc2N1. The largest absolute Gasteiger partial charge is 0.334 e. The van der Waals surface area contributed by atoms with Crippen molar-refractivity contribution in [3.63, 3.8) is 0 Å². The lowest BCUT2D eigenvalue weighted by atomic mass is 10.1. The quantitative estimate of drug-likeness (QED) is 0.633. The first-order valence-corrected chi connectivity index (χ1v) is 3.97. The highest BCUT2D eigenvalue weighted by Gasteiger charge is 2.12. The predicted molar refractivity (Wildman–Crippen MR) is 47.3 cm³/mol. The summed E-state index contributed by atoms with van der Waals surface area (Å²) in [6, 6.07) is 5.23. The molecule has 3 nitrogen and oxygen atoms in total. The van der Waals surface area contributed by atoms with Crippen LogP contribution in [0.5, 0.6) is 0 Å². The van der Waals surface area contributed by atoms with Gasteiger partial charge >= 0.3 is 6.03 Å². The van der Waals surface area contributed by atoms with Gasteiger partial charge in [0.15, 0.2) is 0 Å². The van der Waals surface area contributed by atoms with E-state index in [2.05, 4.69) is 10.6 Å². The van der Waals surface area contributed by atoms with Crippen molar-refractivity contribution in [2.45, 2.75) is 6.54 Å². The molecule has 1 aliphatic rings. The Labute approximate surface area is 74.7 Å². The van der Waals surface area contributed by atoms with Gasteiger partial charge in [-0.1, -0.05) is 11.6 Å². The van der Waals surface area contributed by atoms with Crippen LogP contribution in [-0.4, -0.2) is 6.03 Å². The Kier molecular flexibility index (Phi) is 1.66. The Morgan fingerprint density at radius 3 is 3.08 bits per heavy atom. The fraction of sp³-hybridized carbons (Fsp3) is 0.125. The van der Waals surface area contributed by atoms with Crippen LogP contribution in [0.3, 0.4) is 0 Å². The van der Waals surface area contributed by atoms with Crippen LogP contribution in [0.4, 0.5) is 10.5 Å². The molecular weight excluding hydrogens is 176 g/mol. The lowest BCUT2D eigenvalue weighted by Crippen LogP contribution is -2.33. The number of carbonyl (C=O) groups is 1. The number of urea groups is 1. The first-order valence-electron chi connectivity index (χ1n) is 3.59. The standard InChI is InChI=1S/C8H7ClN2O/c9-6-1-2-7-5(3-6)4-10-8(12)11-7/h1-3H,4H2,(H2,10,11,12). The highest BCUT2D eigenvalue weighted by Crippen LogP contribution is 2.22. The van der Waals surface area contributed by atoms with Crippen LogP contribution in [0.15, 0.2) is 18.2 Å². The summed E-state index contributed by atoms with van der Waals surface area (Å²) in [5.41, 5.74) is 1.85. The minimum atomic E-state index is -0.162. The molecule has 12 heavy (non-hydrogen) atoms. The zero-order valence-electron chi connectivity index (χ0n) is 6.23. The van der Waals surface area contributed by atoms with E-state index in [1.54, 1.807) is 12.1 Å². The number of carbonyl (C=O) groups excluding carboxylic acids is 1. The van der Waals surface area contributed by atoms with E-state index in [-0.39, 0.29) is 6.03 Å². The van der Waals surface area contributed by atoms with Crippen molar-refractivity contribution < 1.29 is 4.79 Å². The van der Waals surface area contributed by atoms with E-state index in [1.165, 1.54) is 0 Å². The summed E-state index contributed by atoms with van der Waals surface area (Å²) in [6.45, 7) is 0.543. The summed E-state index contributed by atoms with van der Waals surface area (Å²) in [7, 11) is 0. The van der Waals surface area contributed by atoms with Crippen molar-refractivity contribution in [3.8, 4) is 0 Å². The predicted octanol–water partition coefficient (Wildman–Crippen LogP) is 1.98. The summed E-state index contributed by atoms with van der Waals surface area (Å²) in [5, 5.41) is 6.02. The lowest BCUT2D eigenvalue weighted by Gasteiger charge is -2.17. The number of nitrogens with one attached hydrogen (secondary N) is 2. The third-order valence-electron chi connectivity index (χ3n) is 1.75. The van der Waals surface area contributed by atoms with E-state index >= 15 is 0 Å². The number of rotatable bonds is 0. The molecule has 0 radical (unpaired) electrons.